The van der Waals surface area contributed by atoms with E-state index in [1.54, 1.807) is 0 Å². The molecule has 1 aromatic rings. The van der Waals surface area contributed by atoms with Crippen molar-refractivity contribution in [1.82, 2.24) is 10.2 Å². The molecule has 0 saturated heterocycles. The summed E-state index contributed by atoms with van der Waals surface area (Å²) in [7, 11) is 4.08. The van der Waals surface area contributed by atoms with E-state index in [0.29, 0.717) is 11.6 Å². The van der Waals surface area contributed by atoms with Gasteiger partial charge in [0.2, 0.25) is 0 Å². The first-order chi connectivity index (χ1) is 8.24. The van der Waals surface area contributed by atoms with Crippen molar-refractivity contribution >= 4 is 11.6 Å². The van der Waals surface area contributed by atoms with Crippen LogP contribution in [-0.4, -0.2) is 45.2 Å². The number of para-hydroxylation sites is 1. The zero-order valence-electron chi connectivity index (χ0n) is 10.6. The Morgan fingerprint density at radius 3 is 2.76 bits per heavy atom. The van der Waals surface area contributed by atoms with Crippen molar-refractivity contribution in [2.45, 2.75) is 6.42 Å². The fourth-order valence-electron chi connectivity index (χ4n) is 1.51. The van der Waals surface area contributed by atoms with E-state index in [1.807, 2.05) is 31.3 Å². The third kappa shape index (κ3) is 5.91. The first-order valence-corrected chi connectivity index (χ1v) is 6.32. The molecule has 0 fully saturated rings. The molecule has 4 heteroatoms. The van der Waals surface area contributed by atoms with E-state index >= 15 is 0 Å². The van der Waals surface area contributed by atoms with Gasteiger partial charge in [-0.3, -0.25) is 0 Å². The Bertz CT molecular complexity index is 320. The summed E-state index contributed by atoms with van der Waals surface area (Å²) in [6, 6.07) is 7.56. The molecule has 0 radical (unpaired) electrons. The van der Waals surface area contributed by atoms with E-state index in [-0.39, 0.29) is 0 Å². The van der Waals surface area contributed by atoms with Gasteiger partial charge >= 0.3 is 0 Å². The molecule has 0 bridgehead atoms. The largest absolute Gasteiger partial charge is 0.491 e. The molecule has 0 aliphatic carbocycles. The maximum absolute atomic E-state index is 6.00. The van der Waals surface area contributed by atoms with Crippen LogP contribution in [0.5, 0.6) is 5.75 Å². The number of nitrogens with one attached hydrogen (secondary N) is 1. The number of nitrogens with zero attached hydrogens (tertiary/aromatic N) is 1. The molecule has 3 nitrogen and oxygen atoms in total. The van der Waals surface area contributed by atoms with Gasteiger partial charge in [0.25, 0.3) is 0 Å². The van der Waals surface area contributed by atoms with Crippen LogP contribution >= 0.6 is 11.6 Å². The molecule has 0 aliphatic heterocycles. The second-order valence-corrected chi connectivity index (χ2v) is 4.45. The van der Waals surface area contributed by atoms with Crippen LogP contribution in [0.3, 0.4) is 0 Å². The fraction of sp³-hybridized carbons (Fsp3) is 0.538. The zero-order chi connectivity index (χ0) is 12.5. The van der Waals surface area contributed by atoms with Crippen molar-refractivity contribution in [2.24, 2.45) is 0 Å². The lowest BCUT2D eigenvalue weighted by molar-refractivity contribution is 0.236. The summed E-state index contributed by atoms with van der Waals surface area (Å²) in [5.74, 6) is 0.762. The molecule has 96 valence electrons. The summed E-state index contributed by atoms with van der Waals surface area (Å²) in [6.07, 6.45) is 1.15. The number of halogens is 1. The van der Waals surface area contributed by atoms with Gasteiger partial charge in [-0.25, -0.2) is 0 Å². The molecule has 1 rings (SSSR count). The molecule has 0 atom stereocenters. The average molecular weight is 257 g/mol. The van der Waals surface area contributed by atoms with Crippen LogP contribution in [0.2, 0.25) is 5.02 Å². The number of ether oxygens (including phenoxy) is 1. The van der Waals surface area contributed by atoms with Gasteiger partial charge in [-0.2, -0.15) is 0 Å². The minimum atomic E-state index is 0.666. The van der Waals surface area contributed by atoms with Crippen LogP contribution in [0, 0.1) is 0 Å². The van der Waals surface area contributed by atoms with E-state index in [1.165, 1.54) is 0 Å². The first-order valence-electron chi connectivity index (χ1n) is 5.94. The van der Waals surface area contributed by atoms with Crippen molar-refractivity contribution in [1.29, 1.82) is 0 Å². The van der Waals surface area contributed by atoms with Gasteiger partial charge in [-0.1, -0.05) is 23.7 Å². The Morgan fingerprint density at radius 1 is 1.29 bits per heavy atom. The highest BCUT2D eigenvalue weighted by Crippen LogP contribution is 2.22. The minimum Gasteiger partial charge on any atom is -0.491 e. The number of benzene rings is 1. The van der Waals surface area contributed by atoms with Crippen molar-refractivity contribution in [2.75, 3.05) is 40.3 Å². The van der Waals surface area contributed by atoms with Crippen LogP contribution in [0.4, 0.5) is 0 Å². The molecule has 0 aliphatic rings. The molecule has 1 N–H and O–H groups in total. The highest BCUT2D eigenvalue weighted by atomic mass is 35.5. The molecule has 0 aromatic heterocycles. The summed E-state index contributed by atoms with van der Waals surface area (Å²) in [4.78, 5) is 2.26. The van der Waals surface area contributed by atoms with Gasteiger partial charge in [0.15, 0.2) is 0 Å². The lowest BCUT2D eigenvalue weighted by atomic mass is 10.3. The smallest absolute Gasteiger partial charge is 0.137 e. The maximum atomic E-state index is 6.00. The number of hydrogen-bond donors (Lipinski definition) is 1. The lowest BCUT2D eigenvalue weighted by Gasteiger charge is -2.17. The summed E-state index contributed by atoms with van der Waals surface area (Å²) in [5, 5.41) is 3.81. The summed E-state index contributed by atoms with van der Waals surface area (Å²) < 4.78 is 5.62. The topological polar surface area (TPSA) is 24.5 Å². The number of rotatable bonds is 8. The van der Waals surface area contributed by atoms with Gasteiger partial charge in [0.05, 0.1) is 5.02 Å². The van der Waals surface area contributed by atoms with Crippen LogP contribution in [-0.2, 0) is 0 Å². The van der Waals surface area contributed by atoms with Crippen LogP contribution < -0.4 is 10.1 Å². The summed E-state index contributed by atoms with van der Waals surface area (Å²) >= 11 is 6.00. The zero-order valence-corrected chi connectivity index (χ0v) is 11.3. The Balaban J connectivity index is 2.17. The molecule has 0 unspecified atom stereocenters. The predicted molar refractivity (Wildman–Crippen MR) is 73.0 cm³/mol. The molecule has 0 spiro atoms. The monoisotopic (exact) mass is 256 g/mol. The van der Waals surface area contributed by atoms with Gasteiger partial charge in [0.1, 0.15) is 12.4 Å². The van der Waals surface area contributed by atoms with Crippen molar-refractivity contribution in [3.05, 3.63) is 29.3 Å². The average Bonchev–Trinajstić information content (AvgIpc) is 2.32. The second kappa shape index (κ2) is 8.34. The molecular formula is C13H21ClN2O. The van der Waals surface area contributed by atoms with Crippen LogP contribution in [0.15, 0.2) is 24.3 Å². The second-order valence-electron chi connectivity index (χ2n) is 4.04. The molecule has 0 saturated carbocycles. The van der Waals surface area contributed by atoms with Crippen molar-refractivity contribution < 1.29 is 4.74 Å². The van der Waals surface area contributed by atoms with E-state index in [2.05, 4.69) is 17.3 Å². The number of likely N-dealkylation sites (N-methyl/N-ethyl adjacent to an activating group) is 1. The summed E-state index contributed by atoms with van der Waals surface area (Å²) in [6.45, 7) is 3.71. The van der Waals surface area contributed by atoms with Crippen LogP contribution in [0.25, 0.3) is 0 Å². The molecule has 17 heavy (non-hydrogen) atoms. The lowest BCUT2D eigenvalue weighted by Crippen LogP contribution is -2.27. The normalized spacial score (nSPS) is 10.8. The SMILES string of the molecule is CNCCCN(C)CCOc1ccccc1Cl. The highest BCUT2D eigenvalue weighted by Gasteiger charge is 2.01. The van der Waals surface area contributed by atoms with E-state index in [4.69, 9.17) is 16.3 Å². The third-order valence-electron chi connectivity index (χ3n) is 2.53. The van der Waals surface area contributed by atoms with Crippen molar-refractivity contribution in [3.8, 4) is 5.75 Å². The standard InChI is InChI=1S/C13H21ClN2O/c1-15-8-5-9-16(2)10-11-17-13-7-4-3-6-12(13)14/h3-4,6-7,15H,5,8-11H2,1-2H3. The van der Waals surface area contributed by atoms with Gasteiger partial charge < -0.3 is 15.0 Å². The fourth-order valence-corrected chi connectivity index (χ4v) is 1.70. The molecular weight excluding hydrogens is 236 g/mol. The minimum absolute atomic E-state index is 0.666. The Hall–Kier alpha value is -0.770. The summed E-state index contributed by atoms with van der Waals surface area (Å²) in [5.41, 5.74) is 0. The Morgan fingerprint density at radius 2 is 2.06 bits per heavy atom. The molecule has 0 heterocycles. The highest BCUT2D eigenvalue weighted by molar-refractivity contribution is 6.32. The van der Waals surface area contributed by atoms with Crippen molar-refractivity contribution in [3.63, 3.8) is 0 Å². The first kappa shape index (κ1) is 14.3. The van der Waals surface area contributed by atoms with Gasteiger partial charge in [-0.15, -0.1) is 0 Å². The van der Waals surface area contributed by atoms with E-state index < -0.39 is 0 Å². The maximum Gasteiger partial charge on any atom is 0.137 e. The van der Waals surface area contributed by atoms with Gasteiger partial charge in [0, 0.05) is 6.54 Å². The number of hydrogen-bond acceptors (Lipinski definition) is 3. The predicted octanol–water partition coefficient (Wildman–Crippen LogP) is 2.26. The molecule has 0 amide bonds. The van der Waals surface area contributed by atoms with Gasteiger partial charge in [-0.05, 0) is 45.7 Å². The Kier molecular flexibility index (Phi) is 7.01. The van der Waals surface area contributed by atoms with Crippen LogP contribution in [0.1, 0.15) is 6.42 Å². The Labute approximate surface area is 109 Å². The van der Waals surface area contributed by atoms with E-state index in [0.717, 1.165) is 31.8 Å². The third-order valence-corrected chi connectivity index (χ3v) is 2.85. The molecule has 1 aromatic carbocycles. The van der Waals surface area contributed by atoms with E-state index in [9.17, 15) is 0 Å². The quantitative estimate of drug-likeness (QED) is 0.722.